The highest BCUT2D eigenvalue weighted by atomic mass is 16.6. The lowest BCUT2D eigenvalue weighted by Crippen LogP contribution is -2.45. The maximum Gasteiger partial charge on any atom is 0.269 e. The van der Waals surface area contributed by atoms with Crippen molar-refractivity contribution in [1.29, 1.82) is 0 Å². The molecule has 0 amide bonds. The van der Waals surface area contributed by atoms with E-state index in [1.54, 1.807) is 12.1 Å². The molecular weight excluding hydrogens is 242 g/mol. The van der Waals surface area contributed by atoms with Crippen molar-refractivity contribution in [3.63, 3.8) is 0 Å². The first-order valence-electron chi connectivity index (χ1n) is 6.52. The van der Waals surface area contributed by atoms with Gasteiger partial charge in [0.25, 0.3) is 5.69 Å². The number of benzene rings is 1. The summed E-state index contributed by atoms with van der Waals surface area (Å²) in [6.07, 6.45) is 2.69. The van der Waals surface area contributed by atoms with Crippen LogP contribution in [0, 0.1) is 10.1 Å². The van der Waals surface area contributed by atoms with Gasteiger partial charge in [0.2, 0.25) is 0 Å². The lowest BCUT2D eigenvalue weighted by Gasteiger charge is -2.34. The number of non-ortho nitro benzene ring substituents is 1. The van der Waals surface area contributed by atoms with Gasteiger partial charge in [-0.05, 0) is 12.0 Å². The fraction of sp³-hybridized carbons (Fsp3) is 0.429. The van der Waals surface area contributed by atoms with E-state index in [0.29, 0.717) is 0 Å². The summed E-state index contributed by atoms with van der Waals surface area (Å²) in [6.45, 7) is 7.64. The van der Waals surface area contributed by atoms with Gasteiger partial charge in [0.05, 0.1) is 4.92 Å². The second-order valence-corrected chi connectivity index (χ2v) is 4.68. The molecule has 1 saturated heterocycles. The number of nitrogens with one attached hydrogen (secondary N) is 1. The second kappa shape index (κ2) is 6.45. The molecule has 1 aromatic rings. The molecule has 1 aliphatic heterocycles. The number of hydrogen-bond acceptors (Lipinski definition) is 4. The normalized spacial score (nSPS) is 17.9. The monoisotopic (exact) mass is 261 g/mol. The molecule has 19 heavy (non-hydrogen) atoms. The van der Waals surface area contributed by atoms with E-state index in [9.17, 15) is 10.1 Å². The van der Waals surface area contributed by atoms with E-state index in [1.165, 1.54) is 6.07 Å². The van der Waals surface area contributed by atoms with Crippen molar-refractivity contribution in [1.82, 2.24) is 10.2 Å². The molecule has 1 aliphatic rings. The highest BCUT2D eigenvalue weighted by Crippen LogP contribution is 2.27. The van der Waals surface area contributed by atoms with E-state index in [0.717, 1.165) is 38.2 Å². The molecule has 1 fully saturated rings. The van der Waals surface area contributed by atoms with E-state index in [1.807, 2.05) is 12.1 Å². The maximum atomic E-state index is 10.9. The second-order valence-electron chi connectivity index (χ2n) is 4.68. The zero-order chi connectivity index (χ0) is 13.7. The Morgan fingerprint density at radius 2 is 2.21 bits per heavy atom. The van der Waals surface area contributed by atoms with Crippen molar-refractivity contribution in [3.8, 4) is 0 Å². The fourth-order valence-electron chi connectivity index (χ4n) is 2.49. The highest BCUT2D eigenvalue weighted by molar-refractivity contribution is 5.36. The first-order valence-corrected chi connectivity index (χ1v) is 6.52. The number of piperazine rings is 1. The van der Waals surface area contributed by atoms with Crippen LogP contribution in [0.15, 0.2) is 36.9 Å². The number of nitro benzene ring substituents is 1. The van der Waals surface area contributed by atoms with Crippen LogP contribution < -0.4 is 5.32 Å². The van der Waals surface area contributed by atoms with E-state index in [-0.39, 0.29) is 16.7 Å². The minimum absolute atomic E-state index is 0.154. The van der Waals surface area contributed by atoms with E-state index in [2.05, 4.69) is 16.8 Å². The van der Waals surface area contributed by atoms with E-state index >= 15 is 0 Å². The molecule has 0 aliphatic carbocycles. The predicted molar refractivity (Wildman–Crippen MR) is 75.1 cm³/mol. The molecule has 1 heterocycles. The smallest absolute Gasteiger partial charge is 0.269 e. The number of rotatable bonds is 5. The molecule has 0 radical (unpaired) electrons. The van der Waals surface area contributed by atoms with Crippen molar-refractivity contribution in [2.75, 3.05) is 26.2 Å². The van der Waals surface area contributed by atoms with Crippen LogP contribution >= 0.6 is 0 Å². The first-order chi connectivity index (χ1) is 9.22. The van der Waals surface area contributed by atoms with Gasteiger partial charge in [0, 0.05) is 44.4 Å². The maximum absolute atomic E-state index is 10.9. The molecule has 5 heteroatoms. The van der Waals surface area contributed by atoms with Crippen LogP contribution in [0.25, 0.3) is 0 Å². The number of nitro groups is 1. The van der Waals surface area contributed by atoms with Gasteiger partial charge < -0.3 is 5.32 Å². The summed E-state index contributed by atoms with van der Waals surface area (Å²) in [4.78, 5) is 12.9. The number of hydrogen-bond donors (Lipinski definition) is 1. The Labute approximate surface area is 113 Å². The van der Waals surface area contributed by atoms with Crippen molar-refractivity contribution in [2.24, 2.45) is 0 Å². The zero-order valence-electron chi connectivity index (χ0n) is 10.9. The van der Waals surface area contributed by atoms with Crippen LogP contribution in [0.4, 0.5) is 5.69 Å². The van der Waals surface area contributed by atoms with Crippen molar-refractivity contribution >= 4 is 5.69 Å². The van der Waals surface area contributed by atoms with Gasteiger partial charge in [-0.2, -0.15) is 0 Å². The molecular formula is C14H19N3O2. The molecule has 5 nitrogen and oxygen atoms in total. The highest BCUT2D eigenvalue weighted by Gasteiger charge is 2.22. The van der Waals surface area contributed by atoms with Crippen molar-refractivity contribution < 1.29 is 4.92 Å². The third kappa shape index (κ3) is 3.39. The molecule has 0 bridgehead atoms. The molecule has 0 unspecified atom stereocenters. The Bertz CT molecular complexity index is 456. The molecule has 1 aromatic carbocycles. The quantitative estimate of drug-likeness (QED) is 0.501. The SMILES string of the molecule is C=CC[C@H](c1cccc([N+](=O)[O-])c1)N1CCNCC1. The predicted octanol–water partition coefficient (Wildman–Crippen LogP) is 2.12. The average molecular weight is 261 g/mol. The Morgan fingerprint density at radius 3 is 2.84 bits per heavy atom. The summed E-state index contributed by atoms with van der Waals surface area (Å²) in [5.41, 5.74) is 1.15. The van der Waals surface area contributed by atoms with Gasteiger partial charge in [-0.3, -0.25) is 15.0 Å². The van der Waals surface area contributed by atoms with Crippen molar-refractivity contribution in [3.05, 3.63) is 52.6 Å². The minimum atomic E-state index is -0.341. The van der Waals surface area contributed by atoms with Crippen LogP contribution in [-0.2, 0) is 0 Å². The topological polar surface area (TPSA) is 58.4 Å². The Morgan fingerprint density at radius 1 is 1.47 bits per heavy atom. The van der Waals surface area contributed by atoms with Crippen molar-refractivity contribution in [2.45, 2.75) is 12.5 Å². The standard InChI is InChI=1S/C14H19N3O2/c1-2-4-14(16-9-7-15-8-10-16)12-5-3-6-13(11-12)17(18)19/h2-3,5-6,11,14-15H,1,4,7-10H2/t14-/m1/s1. The molecule has 1 N–H and O–H groups in total. The summed E-state index contributed by atoms with van der Waals surface area (Å²) in [5.74, 6) is 0. The Kier molecular flexibility index (Phi) is 4.65. The van der Waals surface area contributed by atoms with Crippen LogP contribution in [0.1, 0.15) is 18.0 Å². The summed E-state index contributed by atoms with van der Waals surface area (Å²) < 4.78 is 0. The Hall–Kier alpha value is -1.72. The molecule has 1 atom stereocenters. The average Bonchev–Trinajstić information content (AvgIpc) is 2.46. The first kappa shape index (κ1) is 13.7. The third-order valence-corrected chi connectivity index (χ3v) is 3.45. The zero-order valence-corrected chi connectivity index (χ0v) is 10.9. The molecule has 102 valence electrons. The molecule has 0 aromatic heterocycles. The molecule has 0 saturated carbocycles. The minimum Gasteiger partial charge on any atom is -0.314 e. The summed E-state index contributed by atoms with van der Waals surface area (Å²) >= 11 is 0. The molecule has 0 spiro atoms. The largest absolute Gasteiger partial charge is 0.314 e. The summed E-state index contributed by atoms with van der Waals surface area (Å²) in [6, 6.07) is 7.11. The summed E-state index contributed by atoms with van der Waals surface area (Å²) in [7, 11) is 0. The lowest BCUT2D eigenvalue weighted by atomic mass is 10.0. The van der Waals surface area contributed by atoms with E-state index < -0.39 is 0 Å². The van der Waals surface area contributed by atoms with Gasteiger partial charge in [0.1, 0.15) is 0 Å². The van der Waals surface area contributed by atoms with Crippen LogP contribution in [0.3, 0.4) is 0 Å². The third-order valence-electron chi connectivity index (χ3n) is 3.45. The van der Waals surface area contributed by atoms with Crippen LogP contribution in [0.5, 0.6) is 0 Å². The fourth-order valence-corrected chi connectivity index (χ4v) is 2.49. The van der Waals surface area contributed by atoms with Gasteiger partial charge in [-0.15, -0.1) is 6.58 Å². The summed E-state index contributed by atoms with van der Waals surface area (Å²) in [5, 5.41) is 14.2. The lowest BCUT2D eigenvalue weighted by molar-refractivity contribution is -0.385. The van der Waals surface area contributed by atoms with Gasteiger partial charge in [-0.1, -0.05) is 18.2 Å². The van der Waals surface area contributed by atoms with E-state index in [4.69, 9.17) is 0 Å². The molecule has 2 rings (SSSR count). The van der Waals surface area contributed by atoms with Gasteiger partial charge >= 0.3 is 0 Å². The van der Waals surface area contributed by atoms with Gasteiger partial charge in [-0.25, -0.2) is 0 Å². The Balaban J connectivity index is 2.24. The van der Waals surface area contributed by atoms with Crippen LogP contribution in [0.2, 0.25) is 0 Å². The van der Waals surface area contributed by atoms with Gasteiger partial charge in [0.15, 0.2) is 0 Å². The number of nitrogens with zero attached hydrogens (tertiary/aromatic N) is 2. The van der Waals surface area contributed by atoms with Crippen LogP contribution in [-0.4, -0.2) is 36.0 Å².